The van der Waals surface area contributed by atoms with Gasteiger partial charge in [0.05, 0.1) is 16.6 Å². The molecule has 1 saturated heterocycles. The van der Waals surface area contributed by atoms with Crippen molar-refractivity contribution in [2.75, 3.05) is 13.1 Å². The summed E-state index contributed by atoms with van der Waals surface area (Å²) in [6.07, 6.45) is -4.40. The van der Waals surface area contributed by atoms with Crippen LogP contribution in [-0.2, 0) is 16.2 Å². The molecule has 21 heavy (non-hydrogen) atoms. The minimum Gasteiger partial charge on any atom is -0.392 e. The number of β-amino-alcohol motifs (C(OH)–C–C–N with tert-alkyl or cyclic N) is 1. The fourth-order valence-corrected chi connectivity index (χ4v) is 4.24. The van der Waals surface area contributed by atoms with E-state index in [2.05, 4.69) is 0 Å². The van der Waals surface area contributed by atoms with Crippen LogP contribution in [0.25, 0.3) is 0 Å². The van der Waals surface area contributed by atoms with Crippen LogP contribution in [0.3, 0.4) is 0 Å². The van der Waals surface area contributed by atoms with Crippen LogP contribution in [0.4, 0.5) is 13.2 Å². The van der Waals surface area contributed by atoms with Crippen LogP contribution in [0.5, 0.6) is 0 Å². The van der Waals surface area contributed by atoms with Gasteiger partial charge in [-0.05, 0) is 37.5 Å². The van der Waals surface area contributed by atoms with Gasteiger partial charge in [-0.1, -0.05) is 6.07 Å². The Kier molecular flexibility index (Phi) is 4.32. The van der Waals surface area contributed by atoms with Crippen molar-refractivity contribution in [2.45, 2.75) is 36.9 Å². The predicted molar refractivity (Wildman–Crippen MR) is 70.2 cm³/mol. The molecule has 0 bridgehead atoms. The van der Waals surface area contributed by atoms with E-state index in [1.807, 2.05) is 0 Å². The second-order valence-electron chi connectivity index (χ2n) is 5.09. The first-order valence-corrected chi connectivity index (χ1v) is 7.93. The van der Waals surface area contributed by atoms with E-state index in [9.17, 15) is 26.7 Å². The lowest BCUT2D eigenvalue weighted by Crippen LogP contribution is -2.42. The highest BCUT2D eigenvalue weighted by Crippen LogP contribution is 2.35. The third-order valence-electron chi connectivity index (χ3n) is 3.57. The molecule has 0 spiro atoms. The first kappa shape index (κ1) is 16.3. The van der Waals surface area contributed by atoms with Gasteiger partial charge in [-0.15, -0.1) is 0 Å². The maximum absolute atomic E-state index is 12.9. The van der Waals surface area contributed by atoms with E-state index in [0.717, 1.165) is 23.4 Å². The van der Waals surface area contributed by atoms with Gasteiger partial charge in [0.15, 0.2) is 0 Å². The number of benzene rings is 1. The number of aliphatic hydroxyl groups excluding tert-OH is 1. The molecule has 0 aliphatic carbocycles. The van der Waals surface area contributed by atoms with Crippen molar-refractivity contribution in [3.05, 3.63) is 29.3 Å². The first-order valence-electron chi connectivity index (χ1n) is 6.49. The predicted octanol–water partition coefficient (Wildman–Crippen LogP) is 2.16. The van der Waals surface area contributed by atoms with Crippen molar-refractivity contribution in [1.29, 1.82) is 0 Å². The van der Waals surface area contributed by atoms with Crippen LogP contribution in [0.15, 0.2) is 23.1 Å². The lowest BCUT2D eigenvalue weighted by atomic mass is 10.1. The van der Waals surface area contributed by atoms with Gasteiger partial charge in [0, 0.05) is 13.1 Å². The van der Waals surface area contributed by atoms with Gasteiger partial charge >= 0.3 is 6.18 Å². The van der Waals surface area contributed by atoms with Crippen LogP contribution in [0.2, 0.25) is 0 Å². The Bertz CT molecular complexity index is 628. The summed E-state index contributed by atoms with van der Waals surface area (Å²) in [5.41, 5.74) is -1.27. The zero-order valence-electron chi connectivity index (χ0n) is 11.4. The Hall–Kier alpha value is -1.12. The highest BCUT2D eigenvalue weighted by atomic mass is 32.2. The number of piperidine rings is 1. The van der Waals surface area contributed by atoms with Crippen molar-refractivity contribution in [3.63, 3.8) is 0 Å². The van der Waals surface area contributed by atoms with Gasteiger partial charge < -0.3 is 5.11 Å². The molecule has 1 unspecified atom stereocenters. The smallest absolute Gasteiger partial charge is 0.392 e. The number of hydrogen-bond acceptors (Lipinski definition) is 3. The summed E-state index contributed by atoms with van der Waals surface area (Å²) >= 11 is 0. The summed E-state index contributed by atoms with van der Waals surface area (Å²) in [7, 11) is -4.04. The Labute approximate surface area is 121 Å². The Morgan fingerprint density at radius 2 is 2.00 bits per heavy atom. The number of rotatable bonds is 2. The van der Waals surface area contributed by atoms with Crippen LogP contribution >= 0.6 is 0 Å². The number of sulfonamides is 1. The van der Waals surface area contributed by atoms with Crippen molar-refractivity contribution in [2.24, 2.45) is 0 Å². The fraction of sp³-hybridized carbons (Fsp3) is 0.538. The molecule has 1 fully saturated rings. The molecule has 4 nitrogen and oxygen atoms in total. The molecule has 2 rings (SSSR count). The third-order valence-corrected chi connectivity index (χ3v) is 5.58. The molecular formula is C13H16F3NO3S. The topological polar surface area (TPSA) is 57.6 Å². The number of hydrogen-bond donors (Lipinski definition) is 1. The maximum Gasteiger partial charge on any atom is 0.416 e. The monoisotopic (exact) mass is 323 g/mol. The molecule has 8 heteroatoms. The maximum atomic E-state index is 12.9. The molecule has 1 aliphatic rings. The Morgan fingerprint density at radius 3 is 2.57 bits per heavy atom. The number of nitrogens with zero attached hydrogens (tertiary/aromatic N) is 1. The number of alkyl halides is 3. The average molecular weight is 323 g/mol. The number of halogens is 3. The van der Waals surface area contributed by atoms with E-state index >= 15 is 0 Å². The molecule has 0 aromatic heterocycles. The molecule has 0 amide bonds. The van der Waals surface area contributed by atoms with E-state index in [1.165, 1.54) is 6.07 Å². The minimum absolute atomic E-state index is 0.0853. The SMILES string of the molecule is Cc1c(C(F)(F)F)cccc1S(=O)(=O)N1CCCC(O)C1. The molecule has 0 radical (unpaired) electrons. The summed E-state index contributed by atoms with van der Waals surface area (Å²) in [4.78, 5) is -0.355. The van der Waals surface area contributed by atoms with Crippen LogP contribution < -0.4 is 0 Å². The summed E-state index contributed by atoms with van der Waals surface area (Å²) in [5, 5.41) is 9.56. The summed E-state index contributed by atoms with van der Waals surface area (Å²) in [6.45, 7) is 1.27. The normalized spacial score (nSPS) is 21.5. The van der Waals surface area contributed by atoms with Gasteiger partial charge in [0.2, 0.25) is 10.0 Å². The standard InChI is InChI=1S/C13H16F3NO3S/c1-9-11(13(14,15)16)5-2-6-12(9)21(19,20)17-7-3-4-10(18)8-17/h2,5-6,10,18H,3-4,7-8H2,1H3. The third kappa shape index (κ3) is 3.22. The zero-order valence-corrected chi connectivity index (χ0v) is 12.2. The molecule has 1 aromatic carbocycles. The quantitative estimate of drug-likeness (QED) is 0.907. The van der Waals surface area contributed by atoms with E-state index in [4.69, 9.17) is 0 Å². The fourth-order valence-electron chi connectivity index (χ4n) is 2.48. The molecule has 1 N–H and O–H groups in total. The van der Waals surface area contributed by atoms with Crippen LogP contribution in [0.1, 0.15) is 24.0 Å². The largest absolute Gasteiger partial charge is 0.416 e. The summed E-state index contributed by atoms with van der Waals surface area (Å²) < 4.78 is 64.6. The highest BCUT2D eigenvalue weighted by Gasteiger charge is 2.36. The number of aliphatic hydroxyl groups is 1. The van der Waals surface area contributed by atoms with Crippen LogP contribution in [0, 0.1) is 6.92 Å². The molecule has 118 valence electrons. The molecule has 1 heterocycles. The molecular weight excluding hydrogens is 307 g/mol. The Morgan fingerprint density at radius 1 is 1.33 bits per heavy atom. The van der Waals surface area contributed by atoms with E-state index in [-0.39, 0.29) is 23.5 Å². The van der Waals surface area contributed by atoms with E-state index < -0.39 is 27.9 Å². The first-order chi connectivity index (χ1) is 9.64. The van der Waals surface area contributed by atoms with Gasteiger partial charge in [-0.2, -0.15) is 17.5 Å². The highest BCUT2D eigenvalue weighted by molar-refractivity contribution is 7.89. The van der Waals surface area contributed by atoms with Crippen molar-refractivity contribution in [1.82, 2.24) is 4.31 Å². The average Bonchev–Trinajstić information content (AvgIpc) is 2.37. The Balaban J connectivity index is 2.46. The second-order valence-corrected chi connectivity index (χ2v) is 6.99. The second kappa shape index (κ2) is 5.58. The molecule has 1 aliphatic heterocycles. The molecule has 1 atom stereocenters. The van der Waals surface area contributed by atoms with E-state index in [0.29, 0.717) is 12.8 Å². The van der Waals surface area contributed by atoms with Crippen molar-refractivity contribution in [3.8, 4) is 0 Å². The van der Waals surface area contributed by atoms with Gasteiger partial charge in [-0.3, -0.25) is 0 Å². The lowest BCUT2D eigenvalue weighted by Gasteiger charge is -2.30. The molecule has 0 saturated carbocycles. The van der Waals surface area contributed by atoms with Crippen molar-refractivity contribution >= 4 is 10.0 Å². The van der Waals surface area contributed by atoms with Gasteiger partial charge in [-0.25, -0.2) is 8.42 Å². The van der Waals surface area contributed by atoms with E-state index in [1.54, 1.807) is 0 Å². The lowest BCUT2D eigenvalue weighted by molar-refractivity contribution is -0.138. The van der Waals surface area contributed by atoms with Crippen molar-refractivity contribution < 1.29 is 26.7 Å². The van der Waals surface area contributed by atoms with Gasteiger partial charge in [0.1, 0.15) is 0 Å². The minimum atomic E-state index is -4.60. The summed E-state index contributed by atoms with van der Waals surface area (Å²) in [6, 6.07) is 3.11. The van der Waals surface area contributed by atoms with Gasteiger partial charge in [0.25, 0.3) is 0 Å². The zero-order chi connectivity index (χ0) is 15.8. The summed E-state index contributed by atoms with van der Waals surface area (Å²) in [5.74, 6) is 0. The van der Waals surface area contributed by atoms with Crippen LogP contribution in [-0.4, -0.2) is 37.0 Å². The molecule has 1 aromatic rings.